The van der Waals surface area contributed by atoms with Crippen LogP contribution >= 0.6 is 0 Å². The second-order valence-corrected chi connectivity index (χ2v) is 4.57. The highest BCUT2D eigenvalue weighted by molar-refractivity contribution is 5.19. The van der Waals surface area contributed by atoms with Crippen molar-refractivity contribution in [2.24, 2.45) is 0 Å². The van der Waals surface area contributed by atoms with Gasteiger partial charge in [-0.1, -0.05) is 6.07 Å². The molecule has 0 saturated heterocycles. The van der Waals surface area contributed by atoms with Gasteiger partial charge in [-0.3, -0.25) is 0 Å². The van der Waals surface area contributed by atoms with Crippen LogP contribution < -0.4 is 5.32 Å². The Morgan fingerprint density at radius 3 is 2.35 bits per heavy atom. The molecule has 1 unspecified atom stereocenters. The number of benzene rings is 1. The molecule has 17 heavy (non-hydrogen) atoms. The molecule has 0 bridgehead atoms. The fourth-order valence-corrected chi connectivity index (χ4v) is 1.83. The molecular formula is C13H20F2N2. The van der Waals surface area contributed by atoms with Gasteiger partial charge < -0.3 is 10.2 Å². The summed E-state index contributed by atoms with van der Waals surface area (Å²) in [5, 5.41) is 3.24. The predicted octanol–water partition coefficient (Wildman–Crippen LogP) is 2.05. The quantitative estimate of drug-likeness (QED) is 0.821. The van der Waals surface area contributed by atoms with Crippen molar-refractivity contribution in [3.05, 3.63) is 35.4 Å². The van der Waals surface area contributed by atoms with Gasteiger partial charge in [-0.25, -0.2) is 8.78 Å². The predicted molar refractivity (Wildman–Crippen MR) is 66.1 cm³/mol. The standard InChI is InChI=1S/C13H20F2N2/c1-10(9-17(2)3)16-8-7-11-12(14)5-4-6-13(11)15/h4-6,10,16H,7-9H2,1-3H3. The van der Waals surface area contributed by atoms with Crippen molar-refractivity contribution in [3.8, 4) is 0 Å². The minimum Gasteiger partial charge on any atom is -0.313 e. The van der Waals surface area contributed by atoms with E-state index >= 15 is 0 Å². The Labute approximate surface area is 102 Å². The fraction of sp³-hybridized carbons (Fsp3) is 0.538. The van der Waals surface area contributed by atoms with Gasteiger partial charge in [0.05, 0.1) is 0 Å². The molecule has 96 valence electrons. The first kappa shape index (κ1) is 14.1. The van der Waals surface area contributed by atoms with E-state index in [1.165, 1.54) is 18.2 Å². The highest BCUT2D eigenvalue weighted by atomic mass is 19.1. The summed E-state index contributed by atoms with van der Waals surface area (Å²) in [6.45, 7) is 3.53. The number of likely N-dealkylation sites (N-methyl/N-ethyl adjacent to an activating group) is 1. The number of nitrogens with zero attached hydrogens (tertiary/aromatic N) is 1. The first-order chi connectivity index (χ1) is 8.00. The SMILES string of the molecule is CC(CN(C)C)NCCc1c(F)cccc1F. The summed E-state index contributed by atoms with van der Waals surface area (Å²) in [7, 11) is 3.99. The first-order valence-corrected chi connectivity index (χ1v) is 5.81. The molecule has 1 N–H and O–H groups in total. The summed E-state index contributed by atoms with van der Waals surface area (Å²) >= 11 is 0. The highest BCUT2D eigenvalue weighted by Gasteiger charge is 2.08. The van der Waals surface area contributed by atoms with Gasteiger partial charge in [0, 0.05) is 18.2 Å². The molecule has 0 radical (unpaired) electrons. The molecule has 0 aliphatic carbocycles. The van der Waals surface area contributed by atoms with Crippen LogP contribution in [0, 0.1) is 11.6 Å². The third-order valence-corrected chi connectivity index (χ3v) is 2.57. The lowest BCUT2D eigenvalue weighted by molar-refractivity contribution is 0.350. The van der Waals surface area contributed by atoms with Gasteiger partial charge in [-0.05, 0) is 46.1 Å². The Kier molecular flexibility index (Phi) is 5.51. The maximum absolute atomic E-state index is 13.3. The Morgan fingerprint density at radius 1 is 1.24 bits per heavy atom. The molecule has 0 saturated carbocycles. The van der Waals surface area contributed by atoms with Crippen molar-refractivity contribution < 1.29 is 8.78 Å². The van der Waals surface area contributed by atoms with E-state index in [9.17, 15) is 8.78 Å². The molecule has 0 aliphatic heterocycles. The molecule has 1 atom stereocenters. The third-order valence-electron chi connectivity index (χ3n) is 2.57. The van der Waals surface area contributed by atoms with Crippen LogP contribution in [0.3, 0.4) is 0 Å². The van der Waals surface area contributed by atoms with Crippen molar-refractivity contribution in [2.45, 2.75) is 19.4 Å². The summed E-state index contributed by atoms with van der Waals surface area (Å²) in [6.07, 6.45) is 0.371. The van der Waals surface area contributed by atoms with Crippen LogP contribution in [-0.2, 0) is 6.42 Å². The molecule has 0 amide bonds. The number of halogens is 2. The highest BCUT2D eigenvalue weighted by Crippen LogP contribution is 2.12. The summed E-state index contributed by atoms with van der Waals surface area (Å²) < 4.78 is 26.6. The van der Waals surface area contributed by atoms with Crippen molar-refractivity contribution in [1.29, 1.82) is 0 Å². The molecule has 0 spiro atoms. The Hall–Kier alpha value is -1.00. The lowest BCUT2D eigenvalue weighted by atomic mass is 10.1. The Bertz CT molecular complexity index is 333. The van der Waals surface area contributed by atoms with E-state index < -0.39 is 11.6 Å². The average Bonchev–Trinajstić information content (AvgIpc) is 2.21. The lowest BCUT2D eigenvalue weighted by Crippen LogP contribution is -2.36. The van der Waals surface area contributed by atoms with Crippen molar-refractivity contribution in [2.75, 3.05) is 27.2 Å². The second kappa shape index (κ2) is 6.67. The number of hydrogen-bond donors (Lipinski definition) is 1. The molecule has 0 heterocycles. The number of nitrogens with one attached hydrogen (secondary N) is 1. The van der Waals surface area contributed by atoms with Crippen LogP contribution in [0.25, 0.3) is 0 Å². The van der Waals surface area contributed by atoms with E-state index in [1.54, 1.807) is 0 Å². The zero-order chi connectivity index (χ0) is 12.8. The minimum atomic E-state index is -0.466. The van der Waals surface area contributed by atoms with Crippen LogP contribution in [-0.4, -0.2) is 38.1 Å². The van der Waals surface area contributed by atoms with Crippen LogP contribution in [0.4, 0.5) is 8.78 Å². The maximum atomic E-state index is 13.3. The molecule has 1 aromatic carbocycles. The van der Waals surface area contributed by atoms with Gasteiger partial charge in [0.1, 0.15) is 11.6 Å². The summed E-state index contributed by atoms with van der Waals surface area (Å²) in [6, 6.07) is 4.28. The molecule has 0 fully saturated rings. The Morgan fingerprint density at radius 2 is 1.82 bits per heavy atom. The summed E-state index contributed by atoms with van der Waals surface area (Å²) in [5.74, 6) is -0.931. The molecule has 1 aromatic rings. The van der Waals surface area contributed by atoms with E-state index in [1.807, 2.05) is 14.1 Å². The van der Waals surface area contributed by atoms with Gasteiger partial charge in [-0.2, -0.15) is 0 Å². The fourth-order valence-electron chi connectivity index (χ4n) is 1.83. The lowest BCUT2D eigenvalue weighted by Gasteiger charge is -2.18. The monoisotopic (exact) mass is 242 g/mol. The molecule has 0 aromatic heterocycles. The molecule has 0 aliphatic rings. The molecular weight excluding hydrogens is 222 g/mol. The van der Waals surface area contributed by atoms with Crippen LogP contribution in [0.5, 0.6) is 0 Å². The number of rotatable bonds is 6. The summed E-state index contributed by atoms with van der Waals surface area (Å²) in [4.78, 5) is 2.07. The topological polar surface area (TPSA) is 15.3 Å². The molecule has 1 rings (SSSR count). The van der Waals surface area contributed by atoms with Crippen molar-refractivity contribution in [1.82, 2.24) is 10.2 Å². The van der Waals surface area contributed by atoms with Crippen molar-refractivity contribution in [3.63, 3.8) is 0 Å². The molecule has 2 nitrogen and oxygen atoms in total. The van der Waals surface area contributed by atoms with Gasteiger partial charge in [0.25, 0.3) is 0 Å². The van der Waals surface area contributed by atoms with Crippen LogP contribution in [0.2, 0.25) is 0 Å². The average molecular weight is 242 g/mol. The van der Waals surface area contributed by atoms with Crippen LogP contribution in [0.1, 0.15) is 12.5 Å². The minimum absolute atomic E-state index is 0.164. The number of hydrogen-bond acceptors (Lipinski definition) is 2. The second-order valence-electron chi connectivity index (χ2n) is 4.57. The maximum Gasteiger partial charge on any atom is 0.129 e. The van der Waals surface area contributed by atoms with E-state index in [-0.39, 0.29) is 5.56 Å². The smallest absolute Gasteiger partial charge is 0.129 e. The van der Waals surface area contributed by atoms with Gasteiger partial charge >= 0.3 is 0 Å². The normalized spacial score (nSPS) is 13.1. The molecule has 4 heteroatoms. The van der Waals surface area contributed by atoms with Gasteiger partial charge in [0.2, 0.25) is 0 Å². The van der Waals surface area contributed by atoms with Gasteiger partial charge in [0.15, 0.2) is 0 Å². The van der Waals surface area contributed by atoms with E-state index in [0.29, 0.717) is 19.0 Å². The third kappa shape index (κ3) is 4.79. The van der Waals surface area contributed by atoms with E-state index in [0.717, 1.165) is 6.54 Å². The summed E-state index contributed by atoms with van der Waals surface area (Å²) in [5.41, 5.74) is 0.164. The zero-order valence-corrected chi connectivity index (χ0v) is 10.6. The van der Waals surface area contributed by atoms with E-state index in [4.69, 9.17) is 0 Å². The van der Waals surface area contributed by atoms with Gasteiger partial charge in [-0.15, -0.1) is 0 Å². The largest absolute Gasteiger partial charge is 0.313 e. The van der Waals surface area contributed by atoms with E-state index in [2.05, 4.69) is 17.1 Å². The zero-order valence-electron chi connectivity index (χ0n) is 10.6. The Balaban J connectivity index is 2.41. The van der Waals surface area contributed by atoms with Crippen molar-refractivity contribution >= 4 is 0 Å². The van der Waals surface area contributed by atoms with Crippen LogP contribution in [0.15, 0.2) is 18.2 Å². The first-order valence-electron chi connectivity index (χ1n) is 5.81.